The molecule has 2 rings (SSSR count). The van der Waals surface area contributed by atoms with Crippen molar-refractivity contribution in [3.05, 3.63) is 30.1 Å². The highest BCUT2D eigenvalue weighted by molar-refractivity contribution is 5.80. The van der Waals surface area contributed by atoms with Crippen LogP contribution in [0.1, 0.15) is 32.8 Å². The number of aromatic nitrogens is 2. The molecule has 20 heavy (non-hydrogen) atoms. The second kappa shape index (κ2) is 7.41. The van der Waals surface area contributed by atoms with Gasteiger partial charge in [-0.2, -0.15) is 0 Å². The van der Waals surface area contributed by atoms with E-state index in [1.807, 2.05) is 12.3 Å². The maximum Gasteiger partial charge on any atom is 0.140 e. The molecule has 2 heterocycles. The van der Waals surface area contributed by atoms with Crippen molar-refractivity contribution in [2.75, 3.05) is 13.2 Å². The third-order valence-electron chi connectivity index (χ3n) is 3.24. The van der Waals surface area contributed by atoms with Gasteiger partial charge in [-0.05, 0) is 44.5 Å². The lowest BCUT2D eigenvalue weighted by Crippen LogP contribution is -2.13. The Morgan fingerprint density at radius 3 is 3.00 bits per heavy atom. The molecule has 0 bridgehead atoms. The number of fused-ring (bicyclic) bond motifs is 1. The van der Waals surface area contributed by atoms with Gasteiger partial charge in [-0.3, -0.25) is 0 Å². The Bertz CT molecular complexity index is 534. The minimum absolute atomic E-state index is 0.274. The summed E-state index contributed by atoms with van der Waals surface area (Å²) in [5.41, 5.74) is 2.36. The summed E-state index contributed by atoms with van der Waals surface area (Å²) in [6.45, 7) is 9.82. The Morgan fingerprint density at radius 1 is 1.40 bits per heavy atom. The molecule has 2 aromatic rings. The maximum atomic E-state index is 5.64. The number of nitrogens with one attached hydrogen (secondary N) is 1. The Kier molecular flexibility index (Phi) is 5.56. The molecule has 0 aromatic carbocycles. The molecular weight excluding hydrogens is 250 g/mol. The molecule has 0 saturated heterocycles. The van der Waals surface area contributed by atoms with Gasteiger partial charge in [0.2, 0.25) is 0 Å². The van der Waals surface area contributed by atoms with Crippen molar-refractivity contribution in [3.63, 3.8) is 0 Å². The van der Waals surface area contributed by atoms with E-state index >= 15 is 0 Å². The molecule has 0 spiro atoms. The Labute approximate surface area is 121 Å². The largest absolute Gasteiger partial charge is 0.377 e. The Balaban J connectivity index is 2.13. The first-order chi connectivity index (χ1) is 9.72. The van der Waals surface area contributed by atoms with E-state index in [0.717, 1.165) is 38.3 Å². The van der Waals surface area contributed by atoms with E-state index in [-0.39, 0.29) is 6.10 Å². The molecular formula is C16H25N3O. The van der Waals surface area contributed by atoms with E-state index in [1.165, 1.54) is 10.9 Å². The standard InChI is InChI=1S/C16H25N3O/c1-4-7-17-11-14-12-19(9-10-20-13(2)3)16-15(14)6-5-8-18-16/h5-6,8,12-13,17H,4,7,9-11H2,1-3H3. The third-order valence-corrected chi connectivity index (χ3v) is 3.24. The Morgan fingerprint density at radius 2 is 2.25 bits per heavy atom. The summed E-state index contributed by atoms with van der Waals surface area (Å²) in [6, 6.07) is 4.14. The molecule has 0 aliphatic rings. The fourth-order valence-corrected chi connectivity index (χ4v) is 2.29. The van der Waals surface area contributed by atoms with Crippen LogP contribution in [0.5, 0.6) is 0 Å². The molecule has 0 atom stereocenters. The fraction of sp³-hybridized carbons (Fsp3) is 0.562. The van der Waals surface area contributed by atoms with Gasteiger partial charge >= 0.3 is 0 Å². The molecule has 0 unspecified atom stereocenters. The van der Waals surface area contributed by atoms with Gasteiger partial charge in [0.25, 0.3) is 0 Å². The summed E-state index contributed by atoms with van der Waals surface area (Å²) in [5, 5.41) is 4.70. The van der Waals surface area contributed by atoms with Gasteiger partial charge in [0.15, 0.2) is 0 Å². The molecule has 0 fully saturated rings. The predicted octanol–water partition coefficient (Wildman–Crippen LogP) is 2.96. The molecule has 0 aliphatic carbocycles. The van der Waals surface area contributed by atoms with Crippen LogP contribution in [0.25, 0.3) is 11.0 Å². The first-order valence-electron chi connectivity index (χ1n) is 7.47. The fourth-order valence-electron chi connectivity index (χ4n) is 2.29. The van der Waals surface area contributed by atoms with Crippen LogP contribution in [0.2, 0.25) is 0 Å². The quantitative estimate of drug-likeness (QED) is 0.753. The van der Waals surface area contributed by atoms with Crippen molar-refractivity contribution in [3.8, 4) is 0 Å². The van der Waals surface area contributed by atoms with Crippen molar-refractivity contribution in [2.24, 2.45) is 0 Å². The van der Waals surface area contributed by atoms with E-state index in [9.17, 15) is 0 Å². The highest BCUT2D eigenvalue weighted by Crippen LogP contribution is 2.19. The minimum Gasteiger partial charge on any atom is -0.377 e. The minimum atomic E-state index is 0.274. The second-order valence-electron chi connectivity index (χ2n) is 5.32. The average Bonchev–Trinajstić information content (AvgIpc) is 2.78. The normalized spacial score (nSPS) is 11.6. The van der Waals surface area contributed by atoms with E-state index in [2.05, 4.69) is 47.9 Å². The molecule has 2 aromatic heterocycles. The summed E-state index contributed by atoms with van der Waals surface area (Å²) in [7, 11) is 0. The van der Waals surface area contributed by atoms with Gasteiger partial charge in [0, 0.05) is 30.9 Å². The van der Waals surface area contributed by atoms with E-state index in [1.54, 1.807) is 0 Å². The van der Waals surface area contributed by atoms with Crippen molar-refractivity contribution >= 4 is 11.0 Å². The van der Waals surface area contributed by atoms with E-state index in [4.69, 9.17) is 4.74 Å². The smallest absolute Gasteiger partial charge is 0.140 e. The molecule has 1 N–H and O–H groups in total. The number of hydrogen-bond acceptors (Lipinski definition) is 3. The van der Waals surface area contributed by atoms with Crippen molar-refractivity contribution in [1.29, 1.82) is 0 Å². The zero-order chi connectivity index (χ0) is 14.4. The molecule has 0 radical (unpaired) electrons. The van der Waals surface area contributed by atoms with E-state index < -0.39 is 0 Å². The van der Waals surface area contributed by atoms with Crippen LogP contribution in [0.15, 0.2) is 24.5 Å². The van der Waals surface area contributed by atoms with Gasteiger partial charge in [-0.15, -0.1) is 0 Å². The molecule has 0 amide bonds. The first kappa shape index (κ1) is 15.0. The number of ether oxygens (including phenoxy) is 1. The Hall–Kier alpha value is -1.39. The number of rotatable bonds is 8. The lowest BCUT2D eigenvalue weighted by Gasteiger charge is -2.08. The van der Waals surface area contributed by atoms with Crippen LogP contribution in [-0.2, 0) is 17.8 Å². The van der Waals surface area contributed by atoms with Crippen LogP contribution >= 0.6 is 0 Å². The van der Waals surface area contributed by atoms with Gasteiger partial charge in [-0.1, -0.05) is 6.92 Å². The number of hydrogen-bond donors (Lipinski definition) is 1. The first-order valence-corrected chi connectivity index (χ1v) is 7.47. The highest BCUT2D eigenvalue weighted by Gasteiger charge is 2.08. The lowest BCUT2D eigenvalue weighted by molar-refractivity contribution is 0.0732. The highest BCUT2D eigenvalue weighted by atomic mass is 16.5. The zero-order valence-corrected chi connectivity index (χ0v) is 12.7. The number of nitrogens with zero attached hydrogens (tertiary/aromatic N) is 2. The predicted molar refractivity (Wildman–Crippen MR) is 82.8 cm³/mol. The molecule has 4 nitrogen and oxygen atoms in total. The van der Waals surface area contributed by atoms with Crippen LogP contribution in [0.4, 0.5) is 0 Å². The molecule has 0 aliphatic heterocycles. The molecule has 4 heteroatoms. The summed E-state index contributed by atoms with van der Waals surface area (Å²) in [6.07, 6.45) is 5.48. The van der Waals surface area contributed by atoms with Gasteiger partial charge < -0.3 is 14.6 Å². The van der Waals surface area contributed by atoms with E-state index in [0.29, 0.717) is 0 Å². The summed E-state index contributed by atoms with van der Waals surface area (Å²) in [5.74, 6) is 0. The van der Waals surface area contributed by atoms with Crippen LogP contribution in [0.3, 0.4) is 0 Å². The van der Waals surface area contributed by atoms with Crippen molar-refractivity contribution in [2.45, 2.75) is 46.4 Å². The van der Waals surface area contributed by atoms with Gasteiger partial charge in [-0.25, -0.2) is 4.98 Å². The second-order valence-corrected chi connectivity index (χ2v) is 5.32. The zero-order valence-electron chi connectivity index (χ0n) is 12.7. The van der Waals surface area contributed by atoms with Gasteiger partial charge in [0.05, 0.1) is 12.7 Å². The average molecular weight is 275 g/mol. The SMILES string of the molecule is CCCNCc1cn(CCOC(C)C)c2ncccc12. The van der Waals surface area contributed by atoms with Crippen LogP contribution in [0, 0.1) is 0 Å². The molecule has 0 saturated carbocycles. The van der Waals surface area contributed by atoms with Gasteiger partial charge in [0.1, 0.15) is 5.65 Å². The third kappa shape index (κ3) is 3.81. The van der Waals surface area contributed by atoms with Crippen molar-refractivity contribution in [1.82, 2.24) is 14.9 Å². The van der Waals surface area contributed by atoms with Crippen LogP contribution < -0.4 is 5.32 Å². The maximum absolute atomic E-state index is 5.64. The van der Waals surface area contributed by atoms with Crippen LogP contribution in [-0.4, -0.2) is 28.8 Å². The summed E-state index contributed by atoms with van der Waals surface area (Å²) in [4.78, 5) is 4.51. The lowest BCUT2D eigenvalue weighted by atomic mass is 10.2. The topological polar surface area (TPSA) is 39.1 Å². The number of pyridine rings is 1. The molecule has 110 valence electrons. The summed E-state index contributed by atoms with van der Waals surface area (Å²) < 4.78 is 7.83. The van der Waals surface area contributed by atoms with Crippen molar-refractivity contribution < 1.29 is 4.74 Å². The summed E-state index contributed by atoms with van der Waals surface area (Å²) >= 11 is 0. The monoisotopic (exact) mass is 275 g/mol.